The Morgan fingerprint density at radius 2 is 1.78 bits per heavy atom. The van der Waals surface area contributed by atoms with Crippen LogP contribution in [0, 0.1) is 0 Å². The first-order valence-corrected chi connectivity index (χ1v) is 9.12. The Bertz CT molecular complexity index is 783. The van der Waals surface area contributed by atoms with Gasteiger partial charge in [-0.15, -0.1) is 0 Å². The van der Waals surface area contributed by atoms with Crippen LogP contribution in [0.5, 0.6) is 5.75 Å². The number of ether oxygens (including phenoxy) is 1. The Kier molecular flexibility index (Phi) is 6.16. The molecule has 0 unspecified atom stereocenters. The Labute approximate surface area is 157 Å². The Hall–Kier alpha value is -2.34. The van der Waals surface area contributed by atoms with Crippen molar-refractivity contribution in [1.29, 1.82) is 0 Å². The van der Waals surface area contributed by atoms with Crippen molar-refractivity contribution in [1.82, 2.24) is 5.32 Å². The molecular formula is C21H23F3N2O. The highest BCUT2D eigenvalue weighted by Gasteiger charge is 2.30. The minimum absolute atomic E-state index is 0.371. The maximum absolute atomic E-state index is 12.9. The van der Waals surface area contributed by atoms with Gasteiger partial charge in [0.05, 0.1) is 5.56 Å². The van der Waals surface area contributed by atoms with E-state index in [9.17, 15) is 13.2 Å². The largest absolute Gasteiger partial charge is 0.476 e. The molecular weight excluding hydrogens is 353 g/mol. The van der Waals surface area contributed by atoms with Crippen molar-refractivity contribution in [3.63, 3.8) is 0 Å². The van der Waals surface area contributed by atoms with Crippen molar-refractivity contribution in [2.45, 2.75) is 44.3 Å². The number of halogens is 3. The zero-order chi connectivity index (χ0) is 19.3. The van der Waals surface area contributed by atoms with E-state index in [-0.39, 0.29) is 0 Å². The van der Waals surface area contributed by atoms with Crippen LogP contribution in [0.15, 0.2) is 47.5 Å². The molecule has 0 heterocycles. The summed E-state index contributed by atoms with van der Waals surface area (Å²) in [7, 11) is 0. The van der Waals surface area contributed by atoms with Gasteiger partial charge in [-0.05, 0) is 55.0 Å². The lowest BCUT2D eigenvalue weighted by atomic mass is 9.96. The number of alkyl halides is 3. The number of benzene rings is 2. The van der Waals surface area contributed by atoms with Crippen LogP contribution < -0.4 is 10.1 Å². The van der Waals surface area contributed by atoms with E-state index in [2.05, 4.69) is 17.0 Å². The van der Waals surface area contributed by atoms with Crippen molar-refractivity contribution in [3.05, 3.63) is 48.0 Å². The second-order valence-corrected chi connectivity index (χ2v) is 6.75. The molecule has 2 aromatic rings. The number of nitrogens with one attached hydrogen (secondary N) is 1. The van der Waals surface area contributed by atoms with Crippen LogP contribution in [0.4, 0.5) is 18.9 Å². The first kappa shape index (κ1) is 19.4. The fourth-order valence-corrected chi connectivity index (χ4v) is 3.36. The third-order valence-electron chi connectivity index (χ3n) is 4.86. The summed E-state index contributed by atoms with van der Waals surface area (Å²) >= 11 is 0. The number of hydrogen-bond acceptors (Lipinski definition) is 3. The molecule has 0 atom stereocenters. The summed E-state index contributed by atoms with van der Waals surface area (Å²) in [5, 5.41) is 3.38. The molecule has 1 aliphatic rings. The SMILES string of the molecule is C=Nc1cc(-c2cccc(C(F)(F)F)c2)ccc1OCNC1CCCCC1. The molecule has 1 aliphatic carbocycles. The number of nitrogens with zero attached hydrogens (tertiary/aromatic N) is 1. The fourth-order valence-electron chi connectivity index (χ4n) is 3.36. The van der Waals surface area contributed by atoms with Gasteiger partial charge in [0.1, 0.15) is 18.2 Å². The average molecular weight is 376 g/mol. The number of hydrogen-bond donors (Lipinski definition) is 1. The van der Waals surface area contributed by atoms with Crippen molar-refractivity contribution < 1.29 is 17.9 Å². The van der Waals surface area contributed by atoms with Crippen molar-refractivity contribution in [2.75, 3.05) is 6.73 Å². The summed E-state index contributed by atoms with van der Waals surface area (Å²) in [4.78, 5) is 3.97. The Balaban J connectivity index is 1.71. The van der Waals surface area contributed by atoms with E-state index < -0.39 is 11.7 Å². The number of aliphatic imine (C=N–C) groups is 1. The summed E-state index contributed by atoms with van der Waals surface area (Å²) in [5.74, 6) is 0.559. The molecule has 0 aliphatic heterocycles. The summed E-state index contributed by atoms with van der Waals surface area (Å²) in [6.07, 6.45) is 1.71. The predicted molar refractivity (Wildman–Crippen MR) is 102 cm³/mol. The topological polar surface area (TPSA) is 33.6 Å². The highest BCUT2D eigenvalue weighted by atomic mass is 19.4. The van der Waals surface area contributed by atoms with Gasteiger partial charge in [0, 0.05) is 6.04 Å². The van der Waals surface area contributed by atoms with Crippen molar-refractivity contribution in [2.24, 2.45) is 4.99 Å². The second kappa shape index (κ2) is 8.57. The summed E-state index contributed by atoms with van der Waals surface area (Å²) in [5.41, 5.74) is 0.943. The van der Waals surface area contributed by atoms with Crippen LogP contribution in [0.25, 0.3) is 11.1 Å². The molecule has 0 radical (unpaired) electrons. The Morgan fingerprint density at radius 3 is 2.48 bits per heavy atom. The minimum Gasteiger partial charge on any atom is -0.476 e. The van der Waals surface area contributed by atoms with Crippen molar-refractivity contribution in [3.8, 4) is 16.9 Å². The van der Waals surface area contributed by atoms with Crippen LogP contribution in [-0.2, 0) is 6.18 Å². The molecule has 27 heavy (non-hydrogen) atoms. The quantitative estimate of drug-likeness (QED) is 0.498. The summed E-state index contributed by atoms with van der Waals surface area (Å²) < 4.78 is 44.6. The molecule has 2 aromatic carbocycles. The maximum atomic E-state index is 12.9. The van der Waals surface area contributed by atoms with Gasteiger partial charge in [-0.3, -0.25) is 10.3 Å². The zero-order valence-electron chi connectivity index (χ0n) is 15.1. The van der Waals surface area contributed by atoms with Gasteiger partial charge in [-0.25, -0.2) is 0 Å². The van der Waals surface area contributed by atoms with Gasteiger partial charge in [-0.2, -0.15) is 13.2 Å². The van der Waals surface area contributed by atoms with E-state index in [0.717, 1.165) is 25.0 Å². The smallest absolute Gasteiger partial charge is 0.416 e. The first-order chi connectivity index (χ1) is 13.0. The van der Waals surface area contributed by atoms with E-state index in [1.807, 2.05) is 0 Å². The molecule has 3 nitrogen and oxygen atoms in total. The molecule has 1 fully saturated rings. The molecule has 0 spiro atoms. The highest BCUT2D eigenvalue weighted by Crippen LogP contribution is 2.35. The van der Waals surface area contributed by atoms with E-state index in [1.54, 1.807) is 24.3 Å². The lowest BCUT2D eigenvalue weighted by molar-refractivity contribution is -0.137. The van der Waals surface area contributed by atoms with Crippen LogP contribution in [0.2, 0.25) is 0 Å². The van der Waals surface area contributed by atoms with Crippen LogP contribution in [0.1, 0.15) is 37.7 Å². The monoisotopic (exact) mass is 376 g/mol. The van der Waals surface area contributed by atoms with Crippen LogP contribution >= 0.6 is 0 Å². The Morgan fingerprint density at radius 1 is 1.04 bits per heavy atom. The third kappa shape index (κ3) is 5.10. The number of rotatable bonds is 6. The third-order valence-corrected chi connectivity index (χ3v) is 4.86. The molecule has 3 rings (SSSR count). The molecule has 1 saturated carbocycles. The van der Waals surface area contributed by atoms with E-state index in [4.69, 9.17) is 4.74 Å². The maximum Gasteiger partial charge on any atom is 0.416 e. The van der Waals surface area contributed by atoms with Gasteiger partial charge in [0.15, 0.2) is 0 Å². The van der Waals surface area contributed by atoms with E-state index in [1.165, 1.54) is 25.3 Å². The molecule has 0 bridgehead atoms. The molecule has 0 saturated heterocycles. The lowest BCUT2D eigenvalue weighted by Crippen LogP contribution is -2.33. The zero-order valence-corrected chi connectivity index (χ0v) is 15.1. The normalized spacial score (nSPS) is 15.5. The van der Waals surface area contributed by atoms with Crippen LogP contribution in [0.3, 0.4) is 0 Å². The van der Waals surface area contributed by atoms with Gasteiger partial charge in [0.2, 0.25) is 0 Å². The summed E-state index contributed by atoms with van der Waals surface area (Å²) in [6, 6.07) is 10.9. The summed E-state index contributed by atoms with van der Waals surface area (Å²) in [6.45, 7) is 3.92. The minimum atomic E-state index is -4.37. The van der Waals surface area contributed by atoms with E-state index >= 15 is 0 Å². The second-order valence-electron chi connectivity index (χ2n) is 6.75. The predicted octanol–water partition coefficient (Wildman–Crippen LogP) is 5.96. The molecule has 0 amide bonds. The van der Waals surface area contributed by atoms with E-state index in [0.29, 0.717) is 35.3 Å². The standard InChI is InChI=1S/C21H23F3N2O/c1-25-19-13-16(15-6-5-7-17(12-15)21(22,23)24)10-11-20(19)27-14-26-18-8-3-2-4-9-18/h5-7,10-13,18,26H,1-4,8-9,14H2. The highest BCUT2D eigenvalue weighted by molar-refractivity contribution is 5.71. The van der Waals surface area contributed by atoms with Gasteiger partial charge >= 0.3 is 6.18 Å². The van der Waals surface area contributed by atoms with Gasteiger partial charge < -0.3 is 4.74 Å². The van der Waals surface area contributed by atoms with Gasteiger partial charge in [0.25, 0.3) is 0 Å². The fraction of sp³-hybridized carbons (Fsp3) is 0.381. The lowest BCUT2D eigenvalue weighted by Gasteiger charge is -2.23. The van der Waals surface area contributed by atoms with Gasteiger partial charge in [-0.1, -0.05) is 37.5 Å². The van der Waals surface area contributed by atoms with Crippen molar-refractivity contribution >= 4 is 12.4 Å². The molecule has 0 aromatic heterocycles. The van der Waals surface area contributed by atoms with Crippen LogP contribution in [-0.4, -0.2) is 19.5 Å². The molecule has 144 valence electrons. The molecule has 1 N–H and O–H groups in total. The first-order valence-electron chi connectivity index (χ1n) is 9.12. The average Bonchev–Trinajstić information content (AvgIpc) is 2.68. The molecule has 6 heteroatoms.